The second kappa shape index (κ2) is 7.74. The minimum absolute atomic E-state index is 0.0222. The first-order valence-electron chi connectivity index (χ1n) is 8.66. The molecule has 1 N–H and O–H groups in total. The summed E-state index contributed by atoms with van der Waals surface area (Å²) in [6, 6.07) is 12.7. The van der Waals surface area contributed by atoms with Crippen LogP contribution in [0.4, 0.5) is 0 Å². The van der Waals surface area contributed by atoms with Gasteiger partial charge in [-0.15, -0.1) is 11.3 Å². The molecule has 3 heterocycles. The van der Waals surface area contributed by atoms with Gasteiger partial charge in [0.05, 0.1) is 19.6 Å². The van der Waals surface area contributed by atoms with E-state index in [0.29, 0.717) is 29.7 Å². The standard InChI is InChI=1S/C21H17NO5S/c1-25-17-4-2-3-13-11-16(21(24)27-19(13)17)20(23)22-9-7-15-5-6-18(28-15)14-8-10-26-12-14/h2-6,8,10-12H,7,9H2,1H3,(H,22,23). The molecule has 142 valence electrons. The smallest absolute Gasteiger partial charge is 0.349 e. The number of nitrogens with one attached hydrogen (secondary N) is 1. The first-order chi connectivity index (χ1) is 13.7. The van der Waals surface area contributed by atoms with Crippen molar-refractivity contribution >= 4 is 28.2 Å². The molecular formula is C21H17NO5S. The van der Waals surface area contributed by atoms with Crippen LogP contribution in [0.2, 0.25) is 0 Å². The van der Waals surface area contributed by atoms with Gasteiger partial charge in [-0.3, -0.25) is 4.79 Å². The maximum Gasteiger partial charge on any atom is 0.349 e. The number of thiophene rings is 1. The molecule has 1 aromatic carbocycles. The van der Waals surface area contributed by atoms with Crippen LogP contribution in [0.1, 0.15) is 15.2 Å². The van der Waals surface area contributed by atoms with Gasteiger partial charge in [-0.2, -0.15) is 0 Å². The molecule has 28 heavy (non-hydrogen) atoms. The van der Waals surface area contributed by atoms with Crippen molar-refractivity contribution < 1.29 is 18.4 Å². The van der Waals surface area contributed by atoms with Crippen LogP contribution in [-0.4, -0.2) is 19.6 Å². The van der Waals surface area contributed by atoms with Gasteiger partial charge >= 0.3 is 5.63 Å². The van der Waals surface area contributed by atoms with Gasteiger partial charge in [0, 0.05) is 27.2 Å². The summed E-state index contributed by atoms with van der Waals surface area (Å²) in [5.41, 5.74) is 0.653. The Morgan fingerprint density at radius 2 is 2.11 bits per heavy atom. The van der Waals surface area contributed by atoms with Crippen molar-refractivity contribution in [3.05, 3.63) is 75.9 Å². The highest BCUT2D eigenvalue weighted by molar-refractivity contribution is 7.15. The lowest BCUT2D eigenvalue weighted by molar-refractivity contribution is 0.0950. The van der Waals surface area contributed by atoms with E-state index in [0.717, 1.165) is 15.3 Å². The number of ether oxygens (including phenoxy) is 1. The Morgan fingerprint density at radius 3 is 2.89 bits per heavy atom. The van der Waals surface area contributed by atoms with Crippen LogP contribution in [0.5, 0.6) is 5.75 Å². The van der Waals surface area contributed by atoms with Crippen LogP contribution in [0.25, 0.3) is 21.4 Å². The summed E-state index contributed by atoms with van der Waals surface area (Å²) in [6.07, 6.45) is 4.01. The Morgan fingerprint density at radius 1 is 1.21 bits per heavy atom. The average molecular weight is 395 g/mol. The van der Waals surface area contributed by atoms with Gasteiger partial charge in [0.15, 0.2) is 11.3 Å². The van der Waals surface area contributed by atoms with Crippen LogP contribution in [0.3, 0.4) is 0 Å². The predicted octanol–water partition coefficient (Wildman–Crippen LogP) is 4.10. The molecule has 7 heteroatoms. The molecule has 0 radical (unpaired) electrons. The molecule has 1 amide bonds. The second-order valence-electron chi connectivity index (χ2n) is 6.11. The Balaban J connectivity index is 1.44. The highest BCUT2D eigenvalue weighted by Gasteiger charge is 2.15. The zero-order valence-corrected chi connectivity index (χ0v) is 15.9. The van der Waals surface area contributed by atoms with Gasteiger partial charge < -0.3 is 18.9 Å². The van der Waals surface area contributed by atoms with E-state index < -0.39 is 11.5 Å². The van der Waals surface area contributed by atoms with Crippen LogP contribution in [-0.2, 0) is 6.42 Å². The number of fused-ring (bicyclic) bond motifs is 1. The maximum absolute atomic E-state index is 12.4. The van der Waals surface area contributed by atoms with E-state index in [1.165, 1.54) is 13.2 Å². The van der Waals surface area contributed by atoms with Gasteiger partial charge in [-0.25, -0.2) is 4.79 Å². The van der Waals surface area contributed by atoms with Crippen molar-refractivity contribution in [3.63, 3.8) is 0 Å². The first-order valence-corrected chi connectivity index (χ1v) is 9.47. The van der Waals surface area contributed by atoms with Gasteiger partial charge in [0.2, 0.25) is 0 Å². The summed E-state index contributed by atoms with van der Waals surface area (Å²) >= 11 is 1.64. The summed E-state index contributed by atoms with van der Waals surface area (Å²) in [5, 5.41) is 3.42. The maximum atomic E-state index is 12.4. The number of carbonyl (C=O) groups is 1. The Kier molecular flexibility index (Phi) is 4.99. The zero-order chi connectivity index (χ0) is 19.5. The Hall–Kier alpha value is -3.32. The molecule has 0 atom stereocenters. The van der Waals surface area contributed by atoms with Gasteiger partial charge in [-0.05, 0) is 36.8 Å². The van der Waals surface area contributed by atoms with E-state index in [9.17, 15) is 9.59 Å². The van der Waals surface area contributed by atoms with Crippen molar-refractivity contribution in [3.8, 4) is 16.2 Å². The number of amides is 1. The molecule has 0 aliphatic carbocycles. The van der Waals surface area contributed by atoms with Gasteiger partial charge in [0.25, 0.3) is 5.91 Å². The molecule has 0 bridgehead atoms. The molecule has 0 saturated heterocycles. The van der Waals surface area contributed by atoms with E-state index in [4.69, 9.17) is 13.6 Å². The summed E-state index contributed by atoms with van der Waals surface area (Å²) < 4.78 is 15.6. The molecule has 6 nitrogen and oxygen atoms in total. The topological polar surface area (TPSA) is 81.7 Å². The fourth-order valence-electron chi connectivity index (χ4n) is 2.90. The van der Waals surface area contributed by atoms with Crippen LogP contribution >= 0.6 is 11.3 Å². The van der Waals surface area contributed by atoms with Crippen LogP contribution < -0.4 is 15.7 Å². The number of furan rings is 1. The molecule has 0 fully saturated rings. The van der Waals surface area contributed by atoms with Crippen molar-refractivity contribution in [1.82, 2.24) is 5.32 Å². The lowest BCUT2D eigenvalue weighted by Crippen LogP contribution is -2.29. The van der Waals surface area contributed by atoms with Crippen molar-refractivity contribution in [2.24, 2.45) is 0 Å². The van der Waals surface area contributed by atoms with E-state index in [-0.39, 0.29) is 5.56 Å². The minimum atomic E-state index is -0.687. The second-order valence-corrected chi connectivity index (χ2v) is 7.28. The third kappa shape index (κ3) is 3.57. The van der Waals surface area contributed by atoms with E-state index >= 15 is 0 Å². The summed E-state index contributed by atoms with van der Waals surface area (Å²) in [5.74, 6) is -0.00207. The Labute approximate surface area is 164 Å². The summed E-state index contributed by atoms with van der Waals surface area (Å²) in [6.45, 7) is 0.416. The van der Waals surface area contributed by atoms with E-state index in [1.54, 1.807) is 42.1 Å². The average Bonchev–Trinajstić information content (AvgIpc) is 3.38. The first kappa shape index (κ1) is 18.1. The molecule has 0 aliphatic heterocycles. The lowest BCUT2D eigenvalue weighted by Gasteiger charge is -2.06. The number of para-hydroxylation sites is 1. The zero-order valence-electron chi connectivity index (χ0n) is 15.1. The molecule has 4 rings (SSSR count). The fourth-order valence-corrected chi connectivity index (χ4v) is 3.90. The number of methoxy groups -OCH3 is 1. The third-order valence-corrected chi connectivity index (χ3v) is 5.51. The molecule has 4 aromatic rings. The fraction of sp³-hybridized carbons (Fsp3) is 0.143. The predicted molar refractivity (Wildman–Crippen MR) is 107 cm³/mol. The quantitative estimate of drug-likeness (QED) is 0.497. The number of benzene rings is 1. The minimum Gasteiger partial charge on any atom is -0.493 e. The molecule has 0 spiro atoms. The molecular weight excluding hydrogens is 378 g/mol. The van der Waals surface area contributed by atoms with E-state index in [2.05, 4.69) is 5.32 Å². The summed E-state index contributed by atoms with van der Waals surface area (Å²) in [4.78, 5) is 26.9. The van der Waals surface area contributed by atoms with E-state index in [1.807, 2.05) is 18.2 Å². The largest absolute Gasteiger partial charge is 0.493 e. The summed E-state index contributed by atoms with van der Waals surface area (Å²) in [7, 11) is 1.50. The normalized spacial score (nSPS) is 10.9. The monoisotopic (exact) mass is 395 g/mol. The highest BCUT2D eigenvalue weighted by atomic mass is 32.1. The number of hydrogen-bond donors (Lipinski definition) is 1. The number of carbonyl (C=O) groups excluding carboxylic acids is 1. The molecule has 0 aliphatic rings. The van der Waals surface area contributed by atoms with Crippen molar-refractivity contribution in [2.45, 2.75) is 6.42 Å². The number of hydrogen-bond acceptors (Lipinski definition) is 6. The molecule has 3 aromatic heterocycles. The van der Waals surface area contributed by atoms with Crippen LogP contribution in [0, 0.1) is 0 Å². The van der Waals surface area contributed by atoms with Gasteiger partial charge in [0.1, 0.15) is 5.56 Å². The molecule has 0 unspecified atom stereocenters. The van der Waals surface area contributed by atoms with Crippen molar-refractivity contribution in [1.29, 1.82) is 0 Å². The Bertz CT molecular complexity index is 1170. The lowest BCUT2D eigenvalue weighted by atomic mass is 10.1. The number of rotatable bonds is 6. The van der Waals surface area contributed by atoms with Gasteiger partial charge in [-0.1, -0.05) is 12.1 Å². The third-order valence-electron chi connectivity index (χ3n) is 4.31. The van der Waals surface area contributed by atoms with Crippen LogP contribution in [0.15, 0.2) is 68.6 Å². The highest BCUT2D eigenvalue weighted by Crippen LogP contribution is 2.28. The SMILES string of the molecule is COc1cccc2cc(C(=O)NCCc3ccc(-c4ccoc4)s3)c(=O)oc12. The molecule has 0 saturated carbocycles. The van der Waals surface area contributed by atoms with Crippen molar-refractivity contribution in [2.75, 3.05) is 13.7 Å².